The zero-order chi connectivity index (χ0) is 22.6. The molecule has 1 saturated heterocycles. The number of hydrogen-bond donors (Lipinski definition) is 0. The summed E-state index contributed by atoms with van der Waals surface area (Å²) >= 11 is 0. The Bertz CT molecular complexity index is 932. The van der Waals surface area contributed by atoms with E-state index in [0.717, 1.165) is 17.7 Å². The van der Waals surface area contributed by atoms with E-state index in [1.54, 1.807) is 41.0 Å². The van der Waals surface area contributed by atoms with E-state index in [0.29, 0.717) is 25.1 Å². The molecule has 0 aromatic heterocycles. The summed E-state index contributed by atoms with van der Waals surface area (Å²) in [5.41, 5.74) is 1.69. The van der Waals surface area contributed by atoms with Gasteiger partial charge < -0.3 is 14.5 Å². The number of rotatable bonds is 6. The van der Waals surface area contributed by atoms with Crippen LogP contribution in [0, 0.1) is 0 Å². The van der Waals surface area contributed by atoms with Crippen LogP contribution in [0.1, 0.15) is 56.5 Å². The van der Waals surface area contributed by atoms with Crippen molar-refractivity contribution in [3.63, 3.8) is 0 Å². The number of carbonyl (C=O) groups is 3. The monoisotopic (exact) mass is 422 g/mol. The molecule has 2 amide bonds. The lowest BCUT2D eigenvalue weighted by atomic mass is 10.0. The summed E-state index contributed by atoms with van der Waals surface area (Å²) < 4.78 is 5.49. The zero-order valence-electron chi connectivity index (χ0n) is 18.6. The van der Waals surface area contributed by atoms with Crippen molar-refractivity contribution in [3.8, 4) is 0 Å². The van der Waals surface area contributed by atoms with Gasteiger partial charge in [-0.1, -0.05) is 30.3 Å². The highest BCUT2D eigenvalue weighted by Crippen LogP contribution is 2.23. The van der Waals surface area contributed by atoms with Gasteiger partial charge in [-0.2, -0.15) is 0 Å². The van der Waals surface area contributed by atoms with E-state index in [1.807, 2.05) is 51.1 Å². The first-order valence-electron chi connectivity index (χ1n) is 10.6. The average molecular weight is 423 g/mol. The summed E-state index contributed by atoms with van der Waals surface area (Å²) in [6, 6.07) is 16.5. The van der Waals surface area contributed by atoms with E-state index in [2.05, 4.69) is 0 Å². The van der Waals surface area contributed by atoms with Crippen LogP contribution >= 0.6 is 0 Å². The van der Waals surface area contributed by atoms with Crippen LogP contribution < -0.4 is 4.90 Å². The molecule has 1 atom stereocenters. The molecule has 0 N–H and O–H groups in total. The summed E-state index contributed by atoms with van der Waals surface area (Å²) in [5.74, 6) is -0.715. The van der Waals surface area contributed by atoms with Gasteiger partial charge in [0.05, 0.1) is 5.56 Å². The number of carbonyl (C=O) groups excluding carboxylic acids is 3. The minimum Gasteiger partial charge on any atom is -0.449 e. The molecule has 31 heavy (non-hydrogen) atoms. The average Bonchev–Trinajstić information content (AvgIpc) is 3.17. The second-order valence-electron chi connectivity index (χ2n) is 8.82. The van der Waals surface area contributed by atoms with E-state index < -0.39 is 17.6 Å². The third-order valence-electron chi connectivity index (χ3n) is 5.38. The van der Waals surface area contributed by atoms with Gasteiger partial charge in [-0.05, 0) is 63.9 Å². The largest absolute Gasteiger partial charge is 0.449 e. The van der Waals surface area contributed by atoms with Crippen LogP contribution in [0.2, 0.25) is 0 Å². The second-order valence-corrected chi connectivity index (χ2v) is 8.82. The lowest BCUT2D eigenvalue weighted by Gasteiger charge is -2.37. The summed E-state index contributed by atoms with van der Waals surface area (Å²) in [7, 11) is 0. The van der Waals surface area contributed by atoms with Crippen molar-refractivity contribution in [1.29, 1.82) is 0 Å². The van der Waals surface area contributed by atoms with Crippen molar-refractivity contribution < 1.29 is 19.1 Å². The second kappa shape index (κ2) is 9.33. The molecule has 1 aliphatic rings. The van der Waals surface area contributed by atoms with Crippen molar-refractivity contribution in [2.75, 3.05) is 11.4 Å². The van der Waals surface area contributed by atoms with Gasteiger partial charge in [0.15, 0.2) is 6.10 Å². The van der Waals surface area contributed by atoms with Crippen molar-refractivity contribution in [1.82, 2.24) is 4.90 Å². The van der Waals surface area contributed by atoms with E-state index in [-0.39, 0.29) is 11.8 Å². The van der Waals surface area contributed by atoms with Gasteiger partial charge in [-0.15, -0.1) is 0 Å². The van der Waals surface area contributed by atoms with Crippen molar-refractivity contribution in [2.24, 2.45) is 0 Å². The molecule has 3 rings (SSSR count). The number of anilines is 1. The molecule has 0 aliphatic carbocycles. The molecule has 0 spiro atoms. The summed E-state index contributed by atoms with van der Waals surface area (Å²) in [6.45, 7) is 8.60. The summed E-state index contributed by atoms with van der Waals surface area (Å²) in [6.07, 6.45) is 0.474. The molecular formula is C25H30N2O4. The van der Waals surface area contributed by atoms with Crippen LogP contribution in [0.4, 0.5) is 5.69 Å². The van der Waals surface area contributed by atoms with Gasteiger partial charge >= 0.3 is 5.97 Å². The first-order valence-corrected chi connectivity index (χ1v) is 10.6. The number of benzene rings is 2. The van der Waals surface area contributed by atoms with Crippen LogP contribution in [0.5, 0.6) is 0 Å². The maximum absolute atomic E-state index is 13.1. The van der Waals surface area contributed by atoms with Crippen LogP contribution in [0.15, 0.2) is 54.6 Å². The third-order valence-corrected chi connectivity index (χ3v) is 5.38. The molecule has 2 aromatic carbocycles. The fourth-order valence-corrected chi connectivity index (χ4v) is 3.61. The van der Waals surface area contributed by atoms with Crippen LogP contribution in [0.3, 0.4) is 0 Å². The first-order chi connectivity index (χ1) is 14.7. The van der Waals surface area contributed by atoms with Gasteiger partial charge in [0.1, 0.15) is 0 Å². The number of nitrogens with zero attached hydrogens (tertiary/aromatic N) is 2. The third kappa shape index (κ3) is 5.51. The van der Waals surface area contributed by atoms with E-state index >= 15 is 0 Å². The minimum absolute atomic E-state index is 0.0928. The fraction of sp³-hybridized carbons (Fsp3) is 0.400. The predicted octanol–water partition coefficient (Wildman–Crippen LogP) is 4.19. The maximum atomic E-state index is 13.1. The molecule has 0 saturated carbocycles. The Hall–Kier alpha value is -3.15. The molecule has 6 nitrogen and oxygen atoms in total. The lowest BCUT2D eigenvalue weighted by molar-refractivity contribution is -0.145. The minimum atomic E-state index is -0.921. The van der Waals surface area contributed by atoms with Crippen LogP contribution in [-0.4, -0.2) is 40.9 Å². The maximum Gasteiger partial charge on any atom is 0.338 e. The molecule has 164 valence electrons. The lowest BCUT2D eigenvalue weighted by Crippen LogP contribution is -2.49. The fourth-order valence-electron chi connectivity index (χ4n) is 3.61. The van der Waals surface area contributed by atoms with Crippen LogP contribution in [0.25, 0.3) is 0 Å². The van der Waals surface area contributed by atoms with E-state index in [9.17, 15) is 14.4 Å². The van der Waals surface area contributed by atoms with Crippen molar-refractivity contribution in [3.05, 3.63) is 65.7 Å². The predicted molar refractivity (Wildman–Crippen MR) is 120 cm³/mol. The van der Waals surface area contributed by atoms with Crippen molar-refractivity contribution >= 4 is 23.5 Å². The molecule has 1 heterocycles. The zero-order valence-corrected chi connectivity index (χ0v) is 18.6. The van der Waals surface area contributed by atoms with Gasteiger partial charge in [0.2, 0.25) is 5.91 Å². The Labute approximate surface area is 183 Å². The molecule has 0 bridgehead atoms. The quantitative estimate of drug-likeness (QED) is 0.655. The van der Waals surface area contributed by atoms with Crippen molar-refractivity contribution in [2.45, 2.75) is 58.7 Å². The number of hydrogen-bond acceptors (Lipinski definition) is 4. The van der Waals surface area contributed by atoms with Gasteiger partial charge in [0, 0.05) is 30.7 Å². The molecule has 1 aliphatic heterocycles. The topological polar surface area (TPSA) is 66.9 Å². The Kier molecular flexibility index (Phi) is 6.78. The molecule has 0 unspecified atom stereocenters. The summed E-state index contributed by atoms with van der Waals surface area (Å²) in [4.78, 5) is 41.1. The van der Waals surface area contributed by atoms with E-state index in [1.165, 1.54) is 0 Å². The number of amides is 2. The normalized spacial score (nSPS) is 15.0. The van der Waals surface area contributed by atoms with Gasteiger partial charge in [-0.25, -0.2) is 4.79 Å². The summed E-state index contributed by atoms with van der Waals surface area (Å²) in [5, 5.41) is 0. The first kappa shape index (κ1) is 22.5. The highest BCUT2D eigenvalue weighted by atomic mass is 16.5. The molecule has 0 radical (unpaired) electrons. The molecule has 1 fully saturated rings. The highest BCUT2D eigenvalue weighted by molar-refractivity contribution is 5.96. The molecule has 6 heteroatoms. The standard InChI is InChI=1S/C25H30N2O4/c1-18(23(29)27(25(2,3)4)17-19-9-6-5-7-10-19)31-24(30)20-12-14-21(15-13-20)26-16-8-11-22(26)28/h5-7,9-10,12-15,18H,8,11,16-17H2,1-4H3/t18-/m0/s1. The van der Waals surface area contributed by atoms with Gasteiger partial charge in [-0.3, -0.25) is 9.59 Å². The Morgan fingerprint density at radius 3 is 2.26 bits per heavy atom. The molecular weight excluding hydrogens is 392 g/mol. The highest BCUT2D eigenvalue weighted by Gasteiger charge is 2.32. The SMILES string of the molecule is C[C@H](OC(=O)c1ccc(N2CCCC2=O)cc1)C(=O)N(Cc1ccccc1)C(C)(C)C. The van der Waals surface area contributed by atoms with Gasteiger partial charge in [0.25, 0.3) is 5.91 Å². The Morgan fingerprint density at radius 1 is 1.06 bits per heavy atom. The number of ether oxygens (including phenoxy) is 1. The molecule has 2 aromatic rings. The van der Waals surface area contributed by atoms with E-state index in [4.69, 9.17) is 4.74 Å². The smallest absolute Gasteiger partial charge is 0.338 e. The number of esters is 1. The van der Waals surface area contributed by atoms with Crippen LogP contribution in [-0.2, 0) is 20.9 Å². The Balaban J connectivity index is 1.67. The Morgan fingerprint density at radius 2 is 1.71 bits per heavy atom.